The van der Waals surface area contributed by atoms with Crippen LogP contribution in [-0.4, -0.2) is 12.1 Å². The lowest BCUT2D eigenvalue weighted by Crippen LogP contribution is -2.51. The fraction of sp³-hybridized carbons (Fsp3) is 0.903. The first-order chi connectivity index (χ1) is 15.6. The minimum atomic E-state index is -0.115. The van der Waals surface area contributed by atoms with Gasteiger partial charge in [-0.15, -0.1) is 0 Å². The largest absolute Gasteiger partial charge is 0.462 e. The summed E-state index contributed by atoms with van der Waals surface area (Å²) in [7, 11) is 0. The molecule has 3 saturated carbocycles. The maximum absolute atomic E-state index is 11.5. The van der Waals surface area contributed by atoms with Gasteiger partial charge in [-0.05, 0) is 104 Å². The van der Waals surface area contributed by atoms with Gasteiger partial charge in [-0.2, -0.15) is 0 Å². The highest BCUT2D eigenvalue weighted by molar-refractivity contribution is 5.66. The third kappa shape index (κ3) is 4.58. The molecule has 9 atom stereocenters. The zero-order chi connectivity index (χ0) is 24.0. The molecule has 0 aromatic rings. The molecule has 4 aliphatic carbocycles. The number of hydrogen-bond donors (Lipinski definition) is 0. The minimum Gasteiger partial charge on any atom is -0.462 e. The van der Waals surface area contributed by atoms with E-state index in [0.717, 1.165) is 54.3 Å². The molecule has 4 rings (SSSR count). The SMILES string of the molecule is CC[C@H](CC[C@@H](C)[C@H]1CC[C@H]2[C@@H]3CC=C4C[C@@H](OC(C)=O)CC[C@]4(C)C3CC[C@]12C)C(C)C. The summed E-state index contributed by atoms with van der Waals surface area (Å²) in [6, 6.07) is 0. The monoisotopic (exact) mass is 456 g/mol. The van der Waals surface area contributed by atoms with Crippen LogP contribution in [0.5, 0.6) is 0 Å². The van der Waals surface area contributed by atoms with E-state index in [0.29, 0.717) is 10.8 Å². The van der Waals surface area contributed by atoms with Crippen molar-refractivity contribution in [2.75, 3.05) is 0 Å². The molecule has 3 fully saturated rings. The Balaban J connectivity index is 1.46. The van der Waals surface area contributed by atoms with E-state index >= 15 is 0 Å². The van der Waals surface area contributed by atoms with Gasteiger partial charge >= 0.3 is 5.97 Å². The van der Waals surface area contributed by atoms with E-state index in [1.807, 2.05) is 0 Å². The van der Waals surface area contributed by atoms with Crippen LogP contribution in [0.15, 0.2) is 11.6 Å². The van der Waals surface area contributed by atoms with Gasteiger partial charge in [-0.3, -0.25) is 4.79 Å². The molecular formula is C31H52O2. The van der Waals surface area contributed by atoms with Crippen molar-refractivity contribution in [3.05, 3.63) is 11.6 Å². The third-order valence-corrected chi connectivity index (χ3v) is 11.6. The highest BCUT2D eigenvalue weighted by Crippen LogP contribution is 2.67. The lowest BCUT2D eigenvalue weighted by molar-refractivity contribution is -0.148. The van der Waals surface area contributed by atoms with Crippen LogP contribution >= 0.6 is 0 Å². The van der Waals surface area contributed by atoms with Gasteiger partial charge in [0.15, 0.2) is 0 Å². The Hall–Kier alpha value is -0.790. The summed E-state index contributed by atoms with van der Waals surface area (Å²) < 4.78 is 5.63. The van der Waals surface area contributed by atoms with E-state index in [4.69, 9.17) is 4.74 Å². The molecule has 0 saturated heterocycles. The standard InChI is InChI=1S/C31H52O2/c1-8-23(20(2)3)10-9-21(4)27-13-14-28-26-12-11-24-19-25(33-22(5)32)15-17-30(24,6)29(26)16-18-31(27,28)7/h11,20-21,23,25-29H,8-10,12-19H2,1-7H3/t21-,23-,25+,26+,27-,28+,29?,30+,31-/m1/s1. The van der Waals surface area contributed by atoms with Gasteiger partial charge in [-0.25, -0.2) is 0 Å². The van der Waals surface area contributed by atoms with Crippen molar-refractivity contribution < 1.29 is 9.53 Å². The van der Waals surface area contributed by atoms with E-state index in [9.17, 15) is 4.79 Å². The number of allylic oxidation sites excluding steroid dienone is 1. The molecule has 1 unspecified atom stereocenters. The molecule has 0 spiro atoms. The van der Waals surface area contributed by atoms with Crippen molar-refractivity contribution in [3.63, 3.8) is 0 Å². The number of esters is 1. The van der Waals surface area contributed by atoms with Crippen LogP contribution in [0.2, 0.25) is 0 Å². The van der Waals surface area contributed by atoms with Gasteiger partial charge in [-0.1, -0.05) is 66.0 Å². The summed E-state index contributed by atoms with van der Waals surface area (Å²) in [6.07, 6.45) is 17.2. The average Bonchev–Trinajstić information content (AvgIpc) is 3.11. The quantitative estimate of drug-likeness (QED) is 0.283. The molecule has 2 heteroatoms. The van der Waals surface area contributed by atoms with Crippen LogP contribution in [0, 0.1) is 52.3 Å². The number of hydrogen-bond acceptors (Lipinski definition) is 2. The van der Waals surface area contributed by atoms with Crippen LogP contribution in [0.4, 0.5) is 0 Å². The smallest absolute Gasteiger partial charge is 0.302 e. The number of rotatable bonds is 7. The Labute approximate surface area is 204 Å². The minimum absolute atomic E-state index is 0.113. The lowest BCUT2D eigenvalue weighted by Gasteiger charge is -2.58. The molecule has 2 nitrogen and oxygen atoms in total. The Morgan fingerprint density at radius 3 is 2.48 bits per heavy atom. The topological polar surface area (TPSA) is 26.3 Å². The maximum Gasteiger partial charge on any atom is 0.302 e. The molecule has 0 bridgehead atoms. The molecule has 0 aromatic heterocycles. The van der Waals surface area contributed by atoms with Crippen molar-refractivity contribution in [1.29, 1.82) is 0 Å². The van der Waals surface area contributed by atoms with E-state index in [1.54, 1.807) is 12.5 Å². The fourth-order valence-electron chi connectivity index (χ4n) is 9.63. The van der Waals surface area contributed by atoms with Gasteiger partial charge in [0.05, 0.1) is 0 Å². The van der Waals surface area contributed by atoms with Crippen LogP contribution in [0.1, 0.15) is 119 Å². The second-order valence-corrected chi connectivity index (χ2v) is 13.4. The molecule has 0 N–H and O–H groups in total. The van der Waals surface area contributed by atoms with E-state index in [2.05, 4.69) is 47.6 Å². The lowest BCUT2D eigenvalue weighted by atomic mass is 9.47. The fourth-order valence-corrected chi connectivity index (χ4v) is 9.63. The number of ether oxygens (including phenoxy) is 1. The Morgan fingerprint density at radius 2 is 1.82 bits per heavy atom. The molecule has 33 heavy (non-hydrogen) atoms. The molecule has 0 radical (unpaired) electrons. The second kappa shape index (κ2) is 9.69. The van der Waals surface area contributed by atoms with Gasteiger partial charge in [0.25, 0.3) is 0 Å². The van der Waals surface area contributed by atoms with Gasteiger partial charge in [0.2, 0.25) is 0 Å². The van der Waals surface area contributed by atoms with Crippen molar-refractivity contribution in [3.8, 4) is 0 Å². The normalized spacial score (nSPS) is 42.1. The molecule has 0 heterocycles. The second-order valence-electron chi connectivity index (χ2n) is 13.4. The third-order valence-electron chi connectivity index (χ3n) is 11.6. The summed E-state index contributed by atoms with van der Waals surface area (Å²) in [5.41, 5.74) is 2.51. The molecule has 188 valence electrons. The van der Waals surface area contributed by atoms with E-state index < -0.39 is 0 Å². The Kier molecular flexibility index (Phi) is 7.43. The zero-order valence-corrected chi connectivity index (χ0v) is 22.8. The predicted octanol–water partition coefficient (Wildman–Crippen LogP) is 8.60. The zero-order valence-electron chi connectivity index (χ0n) is 22.8. The maximum atomic E-state index is 11.5. The number of fused-ring (bicyclic) bond motifs is 5. The van der Waals surface area contributed by atoms with Crippen LogP contribution in [0.25, 0.3) is 0 Å². The number of carbonyl (C=O) groups excluding carboxylic acids is 1. The summed E-state index contributed by atoms with van der Waals surface area (Å²) in [4.78, 5) is 11.5. The van der Waals surface area contributed by atoms with Crippen molar-refractivity contribution in [2.24, 2.45) is 52.3 Å². The Morgan fingerprint density at radius 1 is 1.06 bits per heavy atom. The molecule has 0 amide bonds. The summed E-state index contributed by atoms with van der Waals surface area (Å²) in [5, 5.41) is 0. The first kappa shape index (κ1) is 25.3. The Bertz CT molecular complexity index is 737. The summed E-state index contributed by atoms with van der Waals surface area (Å²) in [5.74, 6) is 6.03. The summed E-state index contributed by atoms with van der Waals surface area (Å²) in [6.45, 7) is 16.6. The highest BCUT2D eigenvalue weighted by Gasteiger charge is 2.59. The molecular weight excluding hydrogens is 404 g/mol. The predicted molar refractivity (Wildman–Crippen MR) is 138 cm³/mol. The van der Waals surface area contributed by atoms with Crippen LogP contribution in [-0.2, 0) is 9.53 Å². The summed E-state index contributed by atoms with van der Waals surface area (Å²) >= 11 is 0. The van der Waals surface area contributed by atoms with Crippen molar-refractivity contribution in [1.82, 2.24) is 0 Å². The van der Waals surface area contributed by atoms with Crippen LogP contribution in [0.3, 0.4) is 0 Å². The van der Waals surface area contributed by atoms with Crippen molar-refractivity contribution in [2.45, 2.75) is 125 Å². The van der Waals surface area contributed by atoms with Crippen molar-refractivity contribution >= 4 is 5.97 Å². The van der Waals surface area contributed by atoms with Gasteiger partial charge in [0.1, 0.15) is 6.10 Å². The molecule has 4 aliphatic rings. The molecule has 0 aromatic carbocycles. The molecule has 0 aliphatic heterocycles. The highest BCUT2D eigenvalue weighted by atomic mass is 16.5. The first-order valence-electron chi connectivity index (χ1n) is 14.5. The van der Waals surface area contributed by atoms with E-state index in [1.165, 1.54) is 57.8 Å². The average molecular weight is 457 g/mol. The van der Waals surface area contributed by atoms with E-state index in [-0.39, 0.29) is 12.1 Å². The van der Waals surface area contributed by atoms with Gasteiger partial charge < -0.3 is 4.74 Å². The first-order valence-corrected chi connectivity index (χ1v) is 14.5. The number of carbonyl (C=O) groups is 1. The van der Waals surface area contributed by atoms with Gasteiger partial charge in [0, 0.05) is 13.3 Å². The van der Waals surface area contributed by atoms with Crippen LogP contribution < -0.4 is 0 Å².